The van der Waals surface area contributed by atoms with E-state index in [4.69, 9.17) is 24.8 Å². The van der Waals surface area contributed by atoms with Gasteiger partial charge in [0, 0.05) is 12.8 Å². The lowest BCUT2D eigenvalue weighted by atomic mass is 10.1. The Morgan fingerprint density at radius 3 is 1.50 bits per heavy atom. The van der Waals surface area contributed by atoms with E-state index in [0.29, 0.717) is 12.8 Å². The minimum absolute atomic E-state index is 0.108. The summed E-state index contributed by atoms with van der Waals surface area (Å²) in [5, 5.41) is 8.87. The second-order valence-corrected chi connectivity index (χ2v) is 14.9. The van der Waals surface area contributed by atoms with Crippen molar-refractivity contribution in [3.8, 4) is 0 Å². The number of hydrogen-bond acceptors (Lipinski definition) is 9. The van der Waals surface area contributed by atoms with Crippen LogP contribution in [-0.2, 0) is 37.5 Å². The van der Waals surface area contributed by atoms with E-state index in [1.807, 2.05) is 0 Å². The molecule has 0 heterocycles. The Labute approximate surface area is 326 Å². The number of hydrogen-bond donors (Lipinski definition) is 3. The summed E-state index contributed by atoms with van der Waals surface area (Å²) in [4.78, 5) is 45.8. The Morgan fingerprint density at radius 2 is 0.981 bits per heavy atom. The Hall–Kier alpha value is -2.82. The summed E-state index contributed by atoms with van der Waals surface area (Å²) < 4.78 is 32.5. The number of carboxylic acid groups (broad SMARTS) is 1. The molecule has 0 amide bonds. The second-order valence-electron chi connectivity index (χ2n) is 13.4. The summed E-state index contributed by atoms with van der Waals surface area (Å²) in [5.74, 6) is -2.48. The molecule has 0 aliphatic rings. The first kappa shape index (κ1) is 51.2. The van der Waals surface area contributed by atoms with Gasteiger partial charge in [0.1, 0.15) is 12.6 Å². The van der Waals surface area contributed by atoms with Gasteiger partial charge in [-0.3, -0.25) is 23.4 Å². The maximum atomic E-state index is 12.6. The molecule has 0 aliphatic heterocycles. The number of carbonyl (C=O) groups excluding carboxylic acids is 2. The third kappa shape index (κ3) is 36.2. The fraction of sp³-hybridized carbons (Fsp3) is 0.690. The Morgan fingerprint density at radius 1 is 0.574 bits per heavy atom. The van der Waals surface area contributed by atoms with Crippen molar-refractivity contribution >= 4 is 25.7 Å². The van der Waals surface area contributed by atoms with Gasteiger partial charge in [0.25, 0.3) is 0 Å². The lowest BCUT2D eigenvalue weighted by Gasteiger charge is -2.20. The number of unbranched alkanes of at least 4 members (excludes halogenated alkanes) is 13. The topological polar surface area (TPSA) is 172 Å². The van der Waals surface area contributed by atoms with Gasteiger partial charge < -0.3 is 25.2 Å². The second kappa shape index (κ2) is 37.1. The third-order valence-electron chi connectivity index (χ3n) is 8.24. The summed E-state index contributed by atoms with van der Waals surface area (Å²) in [5.41, 5.74) is 5.32. The lowest BCUT2D eigenvalue weighted by Crippen LogP contribution is -2.34. The van der Waals surface area contributed by atoms with E-state index in [-0.39, 0.29) is 19.4 Å². The van der Waals surface area contributed by atoms with Crippen LogP contribution in [-0.4, -0.2) is 59.9 Å². The number of phosphoric ester groups is 1. The highest BCUT2D eigenvalue weighted by molar-refractivity contribution is 7.47. The van der Waals surface area contributed by atoms with Gasteiger partial charge in [-0.2, -0.15) is 0 Å². The Kier molecular flexibility index (Phi) is 35.2. The molecule has 4 N–H and O–H groups in total. The molecule has 0 bridgehead atoms. The van der Waals surface area contributed by atoms with Crippen LogP contribution in [0.4, 0.5) is 0 Å². The highest BCUT2D eigenvalue weighted by atomic mass is 31.2. The van der Waals surface area contributed by atoms with Crippen LogP contribution >= 0.6 is 7.82 Å². The van der Waals surface area contributed by atoms with E-state index in [2.05, 4.69) is 79.1 Å². The molecule has 0 saturated carbocycles. The van der Waals surface area contributed by atoms with Gasteiger partial charge in [-0.1, -0.05) is 120 Å². The summed E-state index contributed by atoms with van der Waals surface area (Å²) >= 11 is 0. The maximum Gasteiger partial charge on any atom is 0.472 e. The smallest absolute Gasteiger partial charge is 0.472 e. The fourth-order valence-electron chi connectivity index (χ4n) is 4.98. The Bertz CT molecular complexity index is 1150. The van der Waals surface area contributed by atoms with Crippen molar-refractivity contribution in [1.82, 2.24) is 0 Å². The van der Waals surface area contributed by atoms with Gasteiger partial charge in [-0.25, -0.2) is 4.57 Å². The van der Waals surface area contributed by atoms with Crippen LogP contribution < -0.4 is 5.73 Å². The predicted octanol–water partition coefficient (Wildman–Crippen LogP) is 10.4. The van der Waals surface area contributed by atoms with Gasteiger partial charge >= 0.3 is 25.7 Å². The van der Waals surface area contributed by atoms with E-state index >= 15 is 0 Å². The van der Waals surface area contributed by atoms with Crippen LogP contribution in [0, 0.1) is 0 Å². The molecule has 310 valence electrons. The largest absolute Gasteiger partial charge is 0.480 e. The molecule has 0 aromatic carbocycles. The van der Waals surface area contributed by atoms with Crippen LogP contribution in [0.2, 0.25) is 0 Å². The van der Waals surface area contributed by atoms with Crippen LogP contribution in [0.1, 0.15) is 155 Å². The van der Waals surface area contributed by atoms with Crippen LogP contribution in [0.5, 0.6) is 0 Å². The van der Waals surface area contributed by atoms with E-state index < -0.39 is 51.1 Å². The van der Waals surface area contributed by atoms with E-state index in [9.17, 15) is 23.8 Å². The van der Waals surface area contributed by atoms with Gasteiger partial charge in [-0.15, -0.1) is 0 Å². The fourth-order valence-corrected chi connectivity index (χ4v) is 5.76. The molecule has 11 nitrogen and oxygen atoms in total. The number of nitrogens with two attached hydrogens (primary N) is 1. The maximum absolute atomic E-state index is 12.6. The first-order valence-corrected chi connectivity index (χ1v) is 21.8. The summed E-state index contributed by atoms with van der Waals surface area (Å²) in [6, 6.07) is -1.53. The molecule has 3 atom stereocenters. The monoisotopic (exact) mass is 781 g/mol. The van der Waals surface area contributed by atoms with Gasteiger partial charge in [0.2, 0.25) is 0 Å². The van der Waals surface area contributed by atoms with Crippen molar-refractivity contribution in [2.24, 2.45) is 5.73 Å². The molecular formula is C42H72NO10P. The number of aliphatic carboxylic acids is 1. The van der Waals surface area contributed by atoms with Crippen LogP contribution in [0.25, 0.3) is 0 Å². The van der Waals surface area contributed by atoms with Gasteiger partial charge in [0.15, 0.2) is 6.10 Å². The molecule has 12 heteroatoms. The molecule has 0 rings (SSSR count). The number of phosphoric acid groups is 1. The minimum atomic E-state index is -4.73. The van der Waals surface area contributed by atoms with E-state index in [0.717, 1.165) is 57.8 Å². The van der Waals surface area contributed by atoms with Crippen molar-refractivity contribution in [3.05, 3.63) is 60.8 Å². The molecule has 1 unspecified atom stereocenters. The van der Waals surface area contributed by atoms with Gasteiger partial charge in [0.05, 0.1) is 13.2 Å². The molecule has 0 saturated heterocycles. The predicted molar refractivity (Wildman–Crippen MR) is 217 cm³/mol. The minimum Gasteiger partial charge on any atom is -0.480 e. The zero-order valence-electron chi connectivity index (χ0n) is 33.3. The Balaban J connectivity index is 4.55. The van der Waals surface area contributed by atoms with E-state index in [1.54, 1.807) is 0 Å². The van der Waals surface area contributed by atoms with Crippen molar-refractivity contribution < 1.29 is 47.5 Å². The number of carbonyl (C=O) groups is 3. The summed E-state index contributed by atoms with van der Waals surface area (Å²) in [7, 11) is -4.73. The first-order chi connectivity index (χ1) is 26.1. The SMILES string of the molecule is CCCCC/C=C/C/C=C/C/C=C/CCCCC(=O)OC[C@H](COP(=O)(O)OC[C@H](N)C(=O)O)OC(=O)CCCC/C=C/C/C=C/CCCCCCCC. The summed E-state index contributed by atoms with van der Waals surface area (Å²) in [6.07, 6.45) is 41.5. The van der Waals surface area contributed by atoms with Crippen LogP contribution in [0.15, 0.2) is 60.8 Å². The number of carboxylic acids is 1. The highest BCUT2D eigenvalue weighted by Crippen LogP contribution is 2.43. The number of rotatable bonds is 37. The third-order valence-corrected chi connectivity index (χ3v) is 9.19. The van der Waals surface area contributed by atoms with Gasteiger partial charge in [-0.05, 0) is 83.5 Å². The molecule has 54 heavy (non-hydrogen) atoms. The van der Waals surface area contributed by atoms with Crippen LogP contribution in [0.3, 0.4) is 0 Å². The standard InChI is InChI=1S/C42H72NO10P/c1-3-5-7-9-11-13-15-17-19-21-23-25-27-29-31-33-40(44)50-35-38(36-51-54(48,49)52-37-39(43)42(46)47)53-41(45)34-32-30-28-26-24-22-20-18-16-14-12-10-8-6-4-2/h11,13,17-20,23-26,38-39H,3-10,12,14-16,21-22,27-37,43H2,1-2H3,(H,46,47)(H,48,49)/b13-11+,19-17+,20-18+,25-23+,26-24+/t38-,39+/m1/s1. The first-order valence-electron chi connectivity index (χ1n) is 20.3. The molecular weight excluding hydrogens is 709 g/mol. The lowest BCUT2D eigenvalue weighted by molar-refractivity contribution is -0.161. The number of allylic oxidation sites excluding steroid dienone is 10. The number of esters is 2. The van der Waals surface area contributed by atoms with Crippen molar-refractivity contribution in [2.75, 3.05) is 19.8 Å². The van der Waals surface area contributed by atoms with Crippen molar-refractivity contribution in [2.45, 2.75) is 167 Å². The molecule has 0 aromatic heterocycles. The molecule has 0 fully saturated rings. The quantitative estimate of drug-likeness (QED) is 0.0237. The zero-order chi connectivity index (χ0) is 40.0. The molecule has 0 aliphatic carbocycles. The average Bonchev–Trinajstić information content (AvgIpc) is 3.14. The average molecular weight is 782 g/mol. The van der Waals surface area contributed by atoms with Crippen molar-refractivity contribution in [3.63, 3.8) is 0 Å². The zero-order valence-corrected chi connectivity index (χ0v) is 34.2. The van der Waals surface area contributed by atoms with E-state index in [1.165, 1.54) is 57.8 Å². The normalized spacial score (nSPS) is 14.4. The highest BCUT2D eigenvalue weighted by Gasteiger charge is 2.28. The number of ether oxygens (including phenoxy) is 2. The van der Waals surface area contributed by atoms with Crippen molar-refractivity contribution in [1.29, 1.82) is 0 Å². The molecule has 0 aromatic rings. The molecule has 0 radical (unpaired) electrons. The molecule has 0 spiro atoms. The summed E-state index contributed by atoms with van der Waals surface area (Å²) in [6.45, 7) is 2.67.